The van der Waals surface area contributed by atoms with E-state index in [0.29, 0.717) is 5.69 Å². The van der Waals surface area contributed by atoms with Gasteiger partial charge in [-0.25, -0.2) is 13.8 Å². The Morgan fingerprint density at radius 3 is 2.68 bits per heavy atom. The van der Waals surface area contributed by atoms with E-state index in [2.05, 4.69) is 10.3 Å². The van der Waals surface area contributed by atoms with Crippen molar-refractivity contribution < 1.29 is 13.6 Å². The number of aromatic nitrogens is 1. The van der Waals surface area contributed by atoms with Gasteiger partial charge in [-0.1, -0.05) is 17.8 Å². The Balaban J connectivity index is 1.77. The first-order chi connectivity index (χ1) is 11.9. The van der Waals surface area contributed by atoms with Crippen LogP contribution in [0.1, 0.15) is 21.6 Å². The molecule has 0 unspecified atom stereocenters. The Morgan fingerprint density at radius 2 is 2.00 bits per heavy atom. The van der Waals surface area contributed by atoms with Crippen molar-refractivity contribution in [2.24, 2.45) is 0 Å². The summed E-state index contributed by atoms with van der Waals surface area (Å²) in [6, 6.07) is 9.04. The van der Waals surface area contributed by atoms with Gasteiger partial charge >= 0.3 is 0 Å². The molecule has 0 radical (unpaired) electrons. The Kier molecular flexibility index (Phi) is 5.15. The van der Waals surface area contributed by atoms with Gasteiger partial charge in [-0.2, -0.15) is 0 Å². The number of thiazole rings is 1. The summed E-state index contributed by atoms with van der Waals surface area (Å²) < 4.78 is 27.9. The SMILES string of the molecule is Cc1csc(Sc2ccc(NC(=O)c3cccc(F)c3F)c(C)c2)n1. The topological polar surface area (TPSA) is 42.0 Å². The van der Waals surface area contributed by atoms with Crippen LogP contribution in [0.3, 0.4) is 0 Å². The molecule has 3 aromatic rings. The van der Waals surface area contributed by atoms with Crippen molar-refractivity contribution in [3.05, 3.63) is 70.2 Å². The molecule has 1 N–H and O–H groups in total. The number of hydrogen-bond acceptors (Lipinski definition) is 4. The number of carbonyl (C=O) groups excluding carboxylic acids is 1. The molecule has 0 spiro atoms. The molecule has 0 bridgehead atoms. The number of rotatable bonds is 4. The molecule has 0 saturated carbocycles. The van der Waals surface area contributed by atoms with Crippen molar-refractivity contribution in [1.29, 1.82) is 0 Å². The minimum absolute atomic E-state index is 0.323. The number of carbonyl (C=O) groups is 1. The number of halogens is 2. The molecule has 0 atom stereocenters. The Bertz CT molecular complexity index is 941. The van der Waals surface area contributed by atoms with Crippen LogP contribution in [0.15, 0.2) is 51.0 Å². The highest BCUT2D eigenvalue weighted by Crippen LogP contribution is 2.32. The van der Waals surface area contributed by atoms with E-state index < -0.39 is 17.5 Å². The van der Waals surface area contributed by atoms with E-state index in [1.807, 2.05) is 31.4 Å². The van der Waals surface area contributed by atoms with E-state index in [4.69, 9.17) is 0 Å². The first kappa shape index (κ1) is 17.6. The van der Waals surface area contributed by atoms with Crippen molar-refractivity contribution in [3.8, 4) is 0 Å². The van der Waals surface area contributed by atoms with Crippen molar-refractivity contribution in [1.82, 2.24) is 4.98 Å². The maximum absolute atomic E-state index is 13.7. The molecule has 0 aliphatic carbocycles. The van der Waals surface area contributed by atoms with Gasteiger partial charge in [-0.3, -0.25) is 4.79 Å². The number of benzene rings is 2. The van der Waals surface area contributed by atoms with Crippen molar-refractivity contribution >= 4 is 34.7 Å². The predicted octanol–water partition coefficient (Wildman–Crippen LogP) is 5.44. The summed E-state index contributed by atoms with van der Waals surface area (Å²) in [6.45, 7) is 3.78. The van der Waals surface area contributed by atoms with E-state index >= 15 is 0 Å². The second-order valence-corrected chi connectivity index (χ2v) is 7.57. The molecule has 1 heterocycles. The van der Waals surface area contributed by atoms with Gasteiger partial charge in [0.1, 0.15) is 0 Å². The first-order valence-corrected chi connectivity index (χ1v) is 9.09. The third kappa shape index (κ3) is 4.05. The lowest BCUT2D eigenvalue weighted by Gasteiger charge is -2.10. The largest absolute Gasteiger partial charge is 0.322 e. The monoisotopic (exact) mass is 376 g/mol. The predicted molar refractivity (Wildman–Crippen MR) is 96.5 cm³/mol. The highest BCUT2D eigenvalue weighted by molar-refractivity contribution is 8.01. The number of nitrogens with zero attached hydrogens (tertiary/aromatic N) is 1. The van der Waals surface area contributed by atoms with Gasteiger partial charge in [0.25, 0.3) is 5.91 Å². The minimum Gasteiger partial charge on any atom is -0.322 e. The lowest BCUT2D eigenvalue weighted by Crippen LogP contribution is -2.15. The van der Waals surface area contributed by atoms with E-state index in [0.717, 1.165) is 26.6 Å². The van der Waals surface area contributed by atoms with Gasteiger partial charge in [0.15, 0.2) is 16.0 Å². The Morgan fingerprint density at radius 1 is 1.20 bits per heavy atom. The standard InChI is InChI=1S/C18H14F2N2OS2/c1-10-8-12(25-18-21-11(2)9-24-18)6-7-15(10)22-17(23)13-4-3-5-14(19)16(13)20/h3-9H,1-2H3,(H,22,23). The van der Waals surface area contributed by atoms with Crippen LogP contribution in [0.4, 0.5) is 14.5 Å². The van der Waals surface area contributed by atoms with Crippen LogP contribution in [0.25, 0.3) is 0 Å². The fourth-order valence-corrected chi connectivity index (χ4v) is 4.10. The van der Waals surface area contributed by atoms with Crippen LogP contribution in [0, 0.1) is 25.5 Å². The van der Waals surface area contributed by atoms with E-state index in [1.165, 1.54) is 23.9 Å². The molecular weight excluding hydrogens is 362 g/mol. The van der Waals surface area contributed by atoms with Crippen LogP contribution in [0.2, 0.25) is 0 Å². The van der Waals surface area contributed by atoms with Crippen molar-refractivity contribution in [3.63, 3.8) is 0 Å². The van der Waals surface area contributed by atoms with Gasteiger partial charge in [0.2, 0.25) is 0 Å². The maximum Gasteiger partial charge on any atom is 0.258 e. The minimum atomic E-state index is -1.15. The highest BCUT2D eigenvalue weighted by Gasteiger charge is 2.16. The molecule has 3 nitrogen and oxygen atoms in total. The molecule has 128 valence electrons. The molecule has 2 aromatic carbocycles. The van der Waals surface area contributed by atoms with Crippen molar-refractivity contribution in [2.45, 2.75) is 23.1 Å². The number of anilines is 1. The van der Waals surface area contributed by atoms with Crippen LogP contribution < -0.4 is 5.32 Å². The molecule has 25 heavy (non-hydrogen) atoms. The van der Waals surface area contributed by atoms with E-state index in [-0.39, 0.29) is 5.56 Å². The fraction of sp³-hybridized carbons (Fsp3) is 0.111. The summed E-state index contributed by atoms with van der Waals surface area (Å²) in [5, 5.41) is 4.61. The number of aryl methyl sites for hydroxylation is 2. The van der Waals surface area contributed by atoms with Crippen LogP contribution in [0.5, 0.6) is 0 Å². The zero-order valence-electron chi connectivity index (χ0n) is 13.5. The summed E-state index contributed by atoms with van der Waals surface area (Å²) in [6.07, 6.45) is 0. The summed E-state index contributed by atoms with van der Waals surface area (Å²) in [7, 11) is 0. The zero-order chi connectivity index (χ0) is 18.0. The van der Waals surface area contributed by atoms with Crippen molar-refractivity contribution in [2.75, 3.05) is 5.32 Å². The summed E-state index contributed by atoms with van der Waals surface area (Å²) in [4.78, 5) is 17.6. The Hall–Kier alpha value is -2.25. The maximum atomic E-state index is 13.7. The quantitative estimate of drug-likeness (QED) is 0.659. The summed E-state index contributed by atoms with van der Waals surface area (Å²) in [5.41, 5.74) is 2.03. The van der Waals surface area contributed by atoms with Crippen LogP contribution >= 0.6 is 23.1 Å². The Labute approximate surface area is 152 Å². The third-order valence-electron chi connectivity index (χ3n) is 3.45. The van der Waals surface area contributed by atoms with Gasteiger partial charge in [-0.15, -0.1) is 11.3 Å². The molecule has 7 heteroatoms. The number of hydrogen-bond donors (Lipinski definition) is 1. The van der Waals surface area contributed by atoms with Gasteiger partial charge in [0, 0.05) is 21.7 Å². The average Bonchev–Trinajstić information content (AvgIpc) is 2.97. The van der Waals surface area contributed by atoms with E-state index in [9.17, 15) is 13.6 Å². The zero-order valence-corrected chi connectivity index (χ0v) is 15.1. The molecule has 0 aliphatic heterocycles. The van der Waals surface area contributed by atoms with E-state index in [1.54, 1.807) is 17.4 Å². The second-order valence-electron chi connectivity index (χ2n) is 5.39. The molecule has 3 rings (SSSR count). The van der Waals surface area contributed by atoms with Gasteiger partial charge in [-0.05, 0) is 49.7 Å². The van der Waals surface area contributed by atoms with Crippen LogP contribution in [-0.4, -0.2) is 10.9 Å². The lowest BCUT2D eigenvalue weighted by atomic mass is 10.1. The molecular formula is C18H14F2N2OS2. The number of amides is 1. The molecule has 1 aromatic heterocycles. The van der Waals surface area contributed by atoms with Gasteiger partial charge in [0.05, 0.1) is 5.56 Å². The smallest absolute Gasteiger partial charge is 0.258 e. The van der Waals surface area contributed by atoms with Crippen LogP contribution in [-0.2, 0) is 0 Å². The van der Waals surface area contributed by atoms with Gasteiger partial charge < -0.3 is 5.32 Å². The third-order valence-corrected chi connectivity index (χ3v) is 5.49. The highest BCUT2D eigenvalue weighted by atomic mass is 32.2. The molecule has 1 amide bonds. The second kappa shape index (κ2) is 7.33. The lowest BCUT2D eigenvalue weighted by molar-refractivity contribution is 0.102. The molecule has 0 fully saturated rings. The molecule has 0 aliphatic rings. The first-order valence-electron chi connectivity index (χ1n) is 7.40. The average molecular weight is 376 g/mol. The summed E-state index contributed by atoms with van der Waals surface area (Å²) >= 11 is 3.11. The summed E-state index contributed by atoms with van der Waals surface area (Å²) in [5.74, 6) is -2.88. The number of nitrogens with one attached hydrogen (secondary N) is 1. The molecule has 0 saturated heterocycles. The normalized spacial score (nSPS) is 10.7. The fourth-order valence-electron chi connectivity index (χ4n) is 2.19.